The molecule has 9 heteroatoms. The van der Waals surface area contributed by atoms with Crippen LogP contribution in [0.1, 0.15) is 47.8 Å². The molecule has 0 bridgehead atoms. The Morgan fingerprint density at radius 3 is 2.88 bits per heavy atom. The van der Waals surface area contributed by atoms with E-state index in [1.54, 1.807) is 29.4 Å². The number of ether oxygens (including phenoxy) is 1. The first-order chi connectivity index (χ1) is 16.5. The summed E-state index contributed by atoms with van der Waals surface area (Å²) in [7, 11) is 0. The van der Waals surface area contributed by atoms with Crippen molar-refractivity contribution in [1.82, 2.24) is 24.6 Å². The van der Waals surface area contributed by atoms with Crippen molar-refractivity contribution < 1.29 is 14.3 Å². The van der Waals surface area contributed by atoms with Crippen LogP contribution in [0.3, 0.4) is 0 Å². The fourth-order valence-corrected chi connectivity index (χ4v) is 3.80. The molecule has 3 aromatic rings. The zero-order valence-corrected chi connectivity index (χ0v) is 19.4. The monoisotopic (exact) mass is 460 g/mol. The number of pyridine rings is 1. The Balaban J connectivity index is 1.47. The van der Waals surface area contributed by atoms with Crippen molar-refractivity contribution in [1.29, 1.82) is 0 Å². The minimum Gasteiger partial charge on any atom is -0.449 e. The predicted octanol–water partition coefficient (Wildman–Crippen LogP) is 4.24. The first kappa shape index (κ1) is 23.2. The zero-order chi connectivity index (χ0) is 24.1. The van der Waals surface area contributed by atoms with E-state index < -0.39 is 0 Å². The number of hydrogen-bond acceptors (Lipinski definition) is 6. The summed E-state index contributed by atoms with van der Waals surface area (Å²) in [6.07, 6.45) is 4.36. The zero-order valence-electron chi connectivity index (χ0n) is 19.4. The van der Waals surface area contributed by atoms with E-state index in [4.69, 9.17) is 4.74 Å². The van der Waals surface area contributed by atoms with Gasteiger partial charge in [-0.15, -0.1) is 16.8 Å². The summed E-state index contributed by atoms with van der Waals surface area (Å²) in [6, 6.07) is 11.1. The van der Waals surface area contributed by atoms with E-state index in [0.717, 1.165) is 11.1 Å². The smallest absolute Gasteiger partial charge is 0.410 e. The van der Waals surface area contributed by atoms with Crippen LogP contribution < -0.4 is 5.32 Å². The lowest BCUT2D eigenvalue weighted by molar-refractivity contribution is 0.0993. The molecule has 1 aromatic carbocycles. The van der Waals surface area contributed by atoms with Gasteiger partial charge in [0.2, 0.25) is 0 Å². The van der Waals surface area contributed by atoms with Crippen molar-refractivity contribution in [2.45, 2.75) is 39.3 Å². The van der Waals surface area contributed by atoms with Gasteiger partial charge < -0.3 is 19.5 Å². The van der Waals surface area contributed by atoms with Gasteiger partial charge in [-0.05, 0) is 62.1 Å². The summed E-state index contributed by atoms with van der Waals surface area (Å²) in [6.45, 7) is 9.01. The lowest BCUT2D eigenvalue weighted by Crippen LogP contribution is -2.36. The summed E-state index contributed by atoms with van der Waals surface area (Å²) < 4.78 is 7.20. The van der Waals surface area contributed by atoms with E-state index in [-0.39, 0.29) is 18.0 Å². The van der Waals surface area contributed by atoms with Gasteiger partial charge in [-0.3, -0.25) is 4.79 Å². The van der Waals surface area contributed by atoms with Gasteiger partial charge in [0.1, 0.15) is 17.8 Å². The van der Waals surface area contributed by atoms with E-state index in [9.17, 15) is 9.59 Å². The minimum absolute atomic E-state index is 0.180. The summed E-state index contributed by atoms with van der Waals surface area (Å²) in [5, 5.41) is 11.0. The van der Waals surface area contributed by atoms with Gasteiger partial charge in [-0.25, -0.2) is 9.78 Å². The third-order valence-corrected chi connectivity index (χ3v) is 5.64. The molecule has 0 saturated heterocycles. The molecule has 0 saturated carbocycles. The van der Waals surface area contributed by atoms with Crippen LogP contribution in [0.2, 0.25) is 0 Å². The van der Waals surface area contributed by atoms with Crippen molar-refractivity contribution in [3.8, 4) is 11.5 Å². The Morgan fingerprint density at radius 1 is 1.24 bits per heavy atom. The van der Waals surface area contributed by atoms with Crippen molar-refractivity contribution >= 4 is 17.8 Å². The van der Waals surface area contributed by atoms with Crippen LogP contribution in [0.25, 0.3) is 11.5 Å². The maximum atomic E-state index is 13.0. The highest BCUT2D eigenvalue weighted by molar-refractivity contribution is 6.04. The molecule has 4 rings (SSSR count). The molecule has 2 amide bonds. The Morgan fingerprint density at radius 2 is 2.09 bits per heavy atom. The van der Waals surface area contributed by atoms with E-state index in [1.165, 1.54) is 0 Å². The third-order valence-electron chi connectivity index (χ3n) is 5.64. The van der Waals surface area contributed by atoms with Gasteiger partial charge in [0.15, 0.2) is 5.82 Å². The number of benzene rings is 1. The maximum absolute atomic E-state index is 13.0. The molecule has 3 heterocycles. The molecule has 1 aliphatic rings. The molecule has 0 fully saturated rings. The summed E-state index contributed by atoms with van der Waals surface area (Å²) in [5.41, 5.74) is 3.18. The SMILES string of the molecule is C=CCCOC(=O)N1CCc2ccc(C(=O)Nc3cccc(-c4nncn4C(C)C)n3)cc2C1. The number of nitrogens with zero attached hydrogens (tertiary/aromatic N) is 5. The second-order valence-corrected chi connectivity index (χ2v) is 8.36. The third kappa shape index (κ3) is 5.14. The average molecular weight is 461 g/mol. The average Bonchev–Trinajstić information content (AvgIpc) is 3.34. The number of nitrogens with one attached hydrogen (secondary N) is 1. The molecule has 1 N–H and O–H groups in total. The quantitative estimate of drug-likeness (QED) is 0.418. The highest BCUT2D eigenvalue weighted by atomic mass is 16.6. The molecule has 1 aliphatic heterocycles. The molecule has 2 aromatic heterocycles. The fraction of sp³-hybridized carbons (Fsp3) is 0.320. The molecule has 9 nitrogen and oxygen atoms in total. The highest BCUT2D eigenvalue weighted by Crippen LogP contribution is 2.23. The molecule has 0 atom stereocenters. The molecule has 176 valence electrons. The van der Waals surface area contributed by atoms with Crippen LogP contribution in [0, 0.1) is 0 Å². The molecular formula is C25H28N6O3. The van der Waals surface area contributed by atoms with Gasteiger partial charge in [-0.1, -0.05) is 18.2 Å². The first-order valence-corrected chi connectivity index (χ1v) is 11.3. The maximum Gasteiger partial charge on any atom is 0.410 e. The van der Waals surface area contributed by atoms with Crippen molar-refractivity contribution in [3.63, 3.8) is 0 Å². The van der Waals surface area contributed by atoms with Crippen molar-refractivity contribution in [3.05, 3.63) is 72.1 Å². The predicted molar refractivity (Wildman–Crippen MR) is 128 cm³/mol. The lowest BCUT2D eigenvalue weighted by atomic mass is 9.97. The Bertz CT molecular complexity index is 1200. The second kappa shape index (κ2) is 10.3. The molecule has 0 unspecified atom stereocenters. The number of hydrogen-bond donors (Lipinski definition) is 1. The van der Waals surface area contributed by atoms with Gasteiger partial charge in [0.05, 0.1) is 6.61 Å². The fourth-order valence-electron chi connectivity index (χ4n) is 3.80. The Kier molecular flexibility index (Phi) is 7.01. The van der Waals surface area contributed by atoms with Crippen LogP contribution in [-0.4, -0.2) is 49.8 Å². The van der Waals surface area contributed by atoms with E-state index in [2.05, 4.69) is 27.1 Å². The standard InChI is InChI=1S/C25H28N6O3/c1-4-5-13-34-25(33)30-12-11-18-9-10-19(14-20(18)15-30)24(32)28-22-8-6-7-21(27-22)23-29-26-16-31(23)17(2)3/h4,6-10,14,16-17H,1,5,11-13,15H2,2-3H3,(H,27,28,32). The molecule has 0 radical (unpaired) electrons. The van der Waals surface area contributed by atoms with Crippen LogP contribution in [-0.2, 0) is 17.7 Å². The van der Waals surface area contributed by atoms with Crippen LogP contribution in [0.4, 0.5) is 10.6 Å². The van der Waals surface area contributed by atoms with E-state index in [1.807, 2.05) is 42.7 Å². The largest absolute Gasteiger partial charge is 0.449 e. The van der Waals surface area contributed by atoms with Gasteiger partial charge in [0.25, 0.3) is 5.91 Å². The first-order valence-electron chi connectivity index (χ1n) is 11.3. The highest BCUT2D eigenvalue weighted by Gasteiger charge is 2.23. The van der Waals surface area contributed by atoms with Gasteiger partial charge >= 0.3 is 6.09 Å². The van der Waals surface area contributed by atoms with Crippen LogP contribution in [0.5, 0.6) is 0 Å². The summed E-state index contributed by atoms with van der Waals surface area (Å²) in [5.74, 6) is 0.786. The number of carbonyl (C=O) groups excluding carboxylic acids is 2. The second-order valence-electron chi connectivity index (χ2n) is 8.36. The molecule has 0 aliphatic carbocycles. The number of rotatable bonds is 7. The lowest BCUT2D eigenvalue weighted by Gasteiger charge is -2.28. The topological polar surface area (TPSA) is 102 Å². The minimum atomic E-state index is -0.349. The van der Waals surface area contributed by atoms with Crippen molar-refractivity contribution in [2.24, 2.45) is 0 Å². The number of aromatic nitrogens is 4. The Hall–Kier alpha value is -4.01. The van der Waals surface area contributed by atoms with Crippen LogP contribution >= 0.6 is 0 Å². The molecular weight excluding hydrogens is 432 g/mol. The molecule has 34 heavy (non-hydrogen) atoms. The number of fused-ring (bicyclic) bond motifs is 1. The number of amides is 2. The molecule has 0 spiro atoms. The van der Waals surface area contributed by atoms with Gasteiger partial charge in [0, 0.05) is 24.7 Å². The van der Waals surface area contributed by atoms with Crippen LogP contribution in [0.15, 0.2) is 55.4 Å². The number of carbonyl (C=O) groups is 2. The number of anilines is 1. The summed E-state index contributed by atoms with van der Waals surface area (Å²) in [4.78, 5) is 31.5. The van der Waals surface area contributed by atoms with E-state index >= 15 is 0 Å². The normalized spacial score (nSPS) is 12.9. The van der Waals surface area contributed by atoms with Crippen molar-refractivity contribution in [2.75, 3.05) is 18.5 Å². The summed E-state index contributed by atoms with van der Waals surface area (Å²) >= 11 is 0. The Labute approximate surface area is 198 Å². The van der Waals surface area contributed by atoms with E-state index in [0.29, 0.717) is 55.4 Å². The van der Waals surface area contributed by atoms with Gasteiger partial charge in [-0.2, -0.15) is 0 Å².